The van der Waals surface area contributed by atoms with Gasteiger partial charge in [-0.2, -0.15) is 0 Å². The number of rotatable bonds is 8. The Morgan fingerprint density at radius 1 is 1.42 bits per heavy atom. The number of nitrogens with two attached hydrogens (primary N) is 1. The number of thiophene rings is 1. The molecule has 1 heterocycles. The highest BCUT2D eigenvalue weighted by molar-refractivity contribution is 7.80. The summed E-state index contributed by atoms with van der Waals surface area (Å²) in [5.41, 5.74) is 5.67. The lowest BCUT2D eigenvalue weighted by Crippen LogP contribution is -2.39. The topological polar surface area (TPSA) is 55.1 Å². The number of nitrogens with one attached hydrogen (secondary N) is 1. The van der Waals surface area contributed by atoms with Gasteiger partial charge in [0.05, 0.1) is 16.9 Å². The molecule has 0 aliphatic carbocycles. The van der Waals surface area contributed by atoms with Crippen LogP contribution in [-0.4, -0.2) is 10.9 Å². The Balaban J connectivity index is 2.72. The molecule has 1 rings (SSSR count). The molecule has 0 radical (unpaired) electrons. The van der Waals surface area contributed by atoms with Crippen LogP contribution in [0.3, 0.4) is 0 Å². The van der Waals surface area contributed by atoms with Crippen LogP contribution in [0.15, 0.2) is 17.5 Å². The molecule has 0 bridgehead atoms. The van der Waals surface area contributed by atoms with Gasteiger partial charge in [0.25, 0.3) is 0 Å². The molecule has 0 spiro atoms. The van der Waals surface area contributed by atoms with E-state index in [1.807, 2.05) is 18.4 Å². The summed E-state index contributed by atoms with van der Waals surface area (Å²) < 4.78 is 0. The second-order valence-corrected chi connectivity index (χ2v) is 6.06. The molecule has 1 aromatic heterocycles. The molecule has 106 valence electrons. The van der Waals surface area contributed by atoms with Crippen molar-refractivity contribution in [3.63, 3.8) is 0 Å². The Morgan fingerprint density at radius 3 is 2.58 bits per heavy atom. The predicted molar refractivity (Wildman–Crippen MR) is 85.3 cm³/mol. The molecule has 3 nitrogen and oxygen atoms in total. The lowest BCUT2D eigenvalue weighted by molar-refractivity contribution is -0.124. The van der Waals surface area contributed by atoms with Crippen LogP contribution in [0.1, 0.15) is 50.4 Å². The van der Waals surface area contributed by atoms with Gasteiger partial charge in [0.2, 0.25) is 5.91 Å². The van der Waals surface area contributed by atoms with Gasteiger partial charge >= 0.3 is 0 Å². The van der Waals surface area contributed by atoms with Crippen molar-refractivity contribution in [1.29, 1.82) is 0 Å². The molecule has 3 N–H and O–H groups in total. The van der Waals surface area contributed by atoms with Gasteiger partial charge in [-0.1, -0.05) is 45.0 Å². The van der Waals surface area contributed by atoms with Crippen LogP contribution in [0, 0.1) is 5.92 Å². The average molecular weight is 298 g/mol. The molecule has 0 aliphatic rings. The van der Waals surface area contributed by atoms with Gasteiger partial charge in [-0.15, -0.1) is 11.3 Å². The third-order valence-corrected chi connectivity index (χ3v) is 4.29. The Bertz CT molecular complexity index is 404. The molecule has 19 heavy (non-hydrogen) atoms. The molecule has 0 saturated heterocycles. The standard InChI is InChI=1S/C14H22N2OS2/c1-3-6-10(13(15)18)14(17)16-11(7-4-2)12-8-5-9-19-12/h5,8-11H,3-4,6-7H2,1-2H3,(H2,15,18)(H,16,17). The number of thiocarbonyl (C=S) groups is 1. The first kappa shape index (κ1) is 16.1. The summed E-state index contributed by atoms with van der Waals surface area (Å²) in [7, 11) is 0. The summed E-state index contributed by atoms with van der Waals surface area (Å²) in [4.78, 5) is 13.8. The van der Waals surface area contributed by atoms with Crippen LogP contribution >= 0.6 is 23.6 Å². The molecular formula is C14H22N2OS2. The number of amides is 1. The van der Waals surface area contributed by atoms with Crippen molar-refractivity contribution in [3.8, 4) is 0 Å². The summed E-state index contributed by atoms with van der Waals surface area (Å²) >= 11 is 6.66. The van der Waals surface area contributed by atoms with Gasteiger partial charge in [-0.25, -0.2) is 0 Å². The van der Waals surface area contributed by atoms with Crippen molar-refractivity contribution >= 4 is 34.5 Å². The van der Waals surface area contributed by atoms with E-state index in [0.717, 1.165) is 19.3 Å². The zero-order valence-electron chi connectivity index (χ0n) is 11.5. The molecule has 0 fully saturated rings. The maximum absolute atomic E-state index is 12.3. The van der Waals surface area contributed by atoms with E-state index < -0.39 is 0 Å². The van der Waals surface area contributed by atoms with Crippen molar-refractivity contribution in [3.05, 3.63) is 22.4 Å². The van der Waals surface area contributed by atoms with E-state index in [-0.39, 0.29) is 17.9 Å². The quantitative estimate of drug-likeness (QED) is 0.723. The molecule has 2 unspecified atom stereocenters. The fourth-order valence-electron chi connectivity index (χ4n) is 2.03. The van der Waals surface area contributed by atoms with E-state index >= 15 is 0 Å². The lowest BCUT2D eigenvalue weighted by atomic mass is 10.0. The number of hydrogen-bond donors (Lipinski definition) is 2. The van der Waals surface area contributed by atoms with Crippen LogP contribution < -0.4 is 11.1 Å². The van der Waals surface area contributed by atoms with Gasteiger partial charge in [0, 0.05) is 4.88 Å². The first-order chi connectivity index (χ1) is 9.10. The molecule has 0 aromatic carbocycles. The molecular weight excluding hydrogens is 276 g/mol. The van der Waals surface area contributed by atoms with Crippen LogP contribution in [0.4, 0.5) is 0 Å². The minimum atomic E-state index is -0.348. The fourth-order valence-corrected chi connectivity index (χ4v) is 3.06. The van der Waals surface area contributed by atoms with E-state index in [4.69, 9.17) is 18.0 Å². The summed E-state index contributed by atoms with van der Waals surface area (Å²) in [6, 6.07) is 4.14. The zero-order chi connectivity index (χ0) is 14.3. The third-order valence-electron chi connectivity index (χ3n) is 3.02. The summed E-state index contributed by atoms with van der Waals surface area (Å²) in [5, 5.41) is 5.12. The van der Waals surface area contributed by atoms with Gasteiger partial charge < -0.3 is 11.1 Å². The highest BCUT2D eigenvalue weighted by atomic mass is 32.1. The van der Waals surface area contributed by atoms with Gasteiger partial charge in [0.1, 0.15) is 0 Å². The fraction of sp³-hybridized carbons (Fsp3) is 0.571. The molecule has 1 amide bonds. The minimum Gasteiger partial charge on any atom is -0.393 e. The Morgan fingerprint density at radius 2 is 2.11 bits per heavy atom. The van der Waals surface area contributed by atoms with Crippen LogP contribution in [0.5, 0.6) is 0 Å². The van der Waals surface area contributed by atoms with E-state index in [1.54, 1.807) is 11.3 Å². The smallest absolute Gasteiger partial charge is 0.230 e. The maximum Gasteiger partial charge on any atom is 0.230 e. The first-order valence-electron chi connectivity index (χ1n) is 6.73. The van der Waals surface area contributed by atoms with Crippen molar-refractivity contribution in [2.45, 2.75) is 45.6 Å². The van der Waals surface area contributed by atoms with Gasteiger partial charge in [-0.3, -0.25) is 4.79 Å². The Labute approximate surface area is 124 Å². The number of carbonyl (C=O) groups excluding carboxylic acids is 1. The summed E-state index contributed by atoms with van der Waals surface area (Å²) in [6.45, 7) is 4.14. The molecule has 0 saturated carbocycles. The maximum atomic E-state index is 12.3. The number of carbonyl (C=O) groups is 1. The van der Waals surface area contributed by atoms with E-state index in [1.165, 1.54) is 4.88 Å². The molecule has 2 atom stereocenters. The highest BCUT2D eigenvalue weighted by Crippen LogP contribution is 2.24. The van der Waals surface area contributed by atoms with Crippen molar-refractivity contribution in [2.75, 3.05) is 0 Å². The summed E-state index contributed by atoms with van der Waals surface area (Å²) in [6.07, 6.45) is 3.56. The lowest BCUT2D eigenvalue weighted by Gasteiger charge is -2.21. The van der Waals surface area contributed by atoms with Gasteiger partial charge in [-0.05, 0) is 24.3 Å². The van der Waals surface area contributed by atoms with Crippen molar-refractivity contribution in [2.24, 2.45) is 11.7 Å². The summed E-state index contributed by atoms with van der Waals surface area (Å²) in [5.74, 6) is -0.388. The second-order valence-electron chi connectivity index (χ2n) is 4.61. The Hall–Kier alpha value is -0.940. The van der Waals surface area contributed by atoms with Crippen LogP contribution in [0.2, 0.25) is 0 Å². The number of hydrogen-bond acceptors (Lipinski definition) is 3. The minimum absolute atomic E-state index is 0.0406. The van der Waals surface area contributed by atoms with E-state index in [2.05, 4.69) is 18.3 Å². The van der Waals surface area contributed by atoms with Crippen molar-refractivity contribution in [1.82, 2.24) is 5.32 Å². The van der Waals surface area contributed by atoms with Gasteiger partial charge in [0.15, 0.2) is 0 Å². The second kappa shape index (κ2) is 8.27. The van der Waals surface area contributed by atoms with Crippen LogP contribution in [-0.2, 0) is 4.79 Å². The predicted octanol–water partition coefficient (Wildman–Crippen LogP) is 3.41. The molecule has 0 aliphatic heterocycles. The molecule has 5 heteroatoms. The third kappa shape index (κ3) is 4.91. The monoisotopic (exact) mass is 298 g/mol. The normalized spacial score (nSPS) is 13.8. The zero-order valence-corrected chi connectivity index (χ0v) is 13.2. The Kier molecular flexibility index (Phi) is 7.02. The first-order valence-corrected chi connectivity index (χ1v) is 8.02. The van der Waals surface area contributed by atoms with E-state index in [0.29, 0.717) is 11.4 Å². The highest BCUT2D eigenvalue weighted by Gasteiger charge is 2.23. The SMILES string of the molecule is CCCC(C(=O)NC(CCC)c1cccs1)C(N)=S. The average Bonchev–Trinajstić information content (AvgIpc) is 2.88. The molecule has 1 aromatic rings. The van der Waals surface area contributed by atoms with E-state index in [9.17, 15) is 4.79 Å². The van der Waals surface area contributed by atoms with Crippen LogP contribution in [0.25, 0.3) is 0 Å². The largest absolute Gasteiger partial charge is 0.393 e. The van der Waals surface area contributed by atoms with Crippen molar-refractivity contribution < 1.29 is 4.79 Å².